The van der Waals surface area contributed by atoms with Crippen molar-refractivity contribution in [2.24, 2.45) is 0 Å². The minimum Gasteiger partial charge on any atom is -0.336 e. The fraction of sp³-hybridized carbons (Fsp3) is 0.533. The maximum Gasteiger partial charge on any atom is 0.255 e. The Morgan fingerprint density at radius 2 is 2.26 bits per heavy atom. The highest BCUT2D eigenvalue weighted by Crippen LogP contribution is 2.26. The molecular weight excluding hydrogens is 417 g/mol. The molecule has 1 saturated heterocycles. The number of piperidine rings is 1. The zero-order chi connectivity index (χ0) is 13.8. The van der Waals surface area contributed by atoms with Crippen molar-refractivity contribution in [3.05, 3.63) is 31.8 Å². The Kier molecular flexibility index (Phi) is 5.69. The number of amides is 1. The van der Waals surface area contributed by atoms with Crippen LogP contribution in [0.5, 0.6) is 0 Å². The van der Waals surface area contributed by atoms with Gasteiger partial charge in [-0.3, -0.25) is 4.79 Å². The molecule has 1 fully saturated rings. The highest BCUT2D eigenvalue weighted by Gasteiger charge is 2.27. The van der Waals surface area contributed by atoms with E-state index in [1.807, 2.05) is 18.2 Å². The number of benzene rings is 1. The molecule has 2 nitrogen and oxygen atoms in total. The van der Waals surface area contributed by atoms with E-state index in [1.54, 1.807) is 0 Å². The lowest BCUT2D eigenvalue weighted by Gasteiger charge is -2.36. The molecule has 1 aliphatic heterocycles. The van der Waals surface area contributed by atoms with Gasteiger partial charge in [0, 0.05) is 20.6 Å². The molecule has 4 heteroatoms. The Bertz CT molecular complexity index is 461. The number of hydrogen-bond acceptors (Lipinski definition) is 1. The molecule has 0 aliphatic carbocycles. The third-order valence-corrected chi connectivity index (χ3v) is 5.03. The molecule has 2 rings (SSSR count). The number of nitrogens with zero attached hydrogens (tertiary/aromatic N) is 1. The molecule has 104 valence electrons. The molecule has 0 spiro atoms. The maximum absolute atomic E-state index is 12.8. The quantitative estimate of drug-likeness (QED) is 0.621. The lowest BCUT2D eigenvalue weighted by atomic mass is 9.97. The molecule has 1 aromatic carbocycles. The first kappa shape index (κ1) is 15.3. The summed E-state index contributed by atoms with van der Waals surface area (Å²) in [4.78, 5) is 14.8. The monoisotopic (exact) mass is 435 g/mol. The Balaban J connectivity index is 2.23. The van der Waals surface area contributed by atoms with E-state index < -0.39 is 0 Å². The van der Waals surface area contributed by atoms with Crippen LogP contribution in [-0.4, -0.2) is 23.4 Å². The van der Waals surface area contributed by atoms with Gasteiger partial charge in [-0.25, -0.2) is 0 Å². The van der Waals surface area contributed by atoms with Gasteiger partial charge in [0.05, 0.1) is 5.56 Å². The standard InChI is InChI=1S/C15H19BrINO/c1-2-5-12-6-3-4-9-18(12)15(19)13-10-11(17)7-8-14(13)16/h7-8,10,12H,2-6,9H2,1H3. The van der Waals surface area contributed by atoms with Crippen molar-refractivity contribution < 1.29 is 4.79 Å². The van der Waals surface area contributed by atoms with Crippen molar-refractivity contribution in [1.29, 1.82) is 0 Å². The molecule has 0 N–H and O–H groups in total. The van der Waals surface area contributed by atoms with Crippen LogP contribution >= 0.6 is 38.5 Å². The van der Waals surface area contributed by atoms with E-state index in [-0.39, 0.29) is 5.91 Å². The minimum atomic E-state index is 0.184. The normalized spacial score (nSPS) is 19.5. The largest absolute Gasteiger partial charge is 0.336 e. The van der Waals surface area contributed by atoms with E-state index in [2.05, 4.69) is 50.3 Å². The minimum absolute atomic E-state index is 0.184. The number of rotatable bonds is 3. The second kappa shape index (κ2) is 7.07. The first-order valence-electron chi connectivity index (χ1n) is 6.89. The average molecular weight is 436 g/mol. The molecule has 19 heavy (non-hydrogen) atoms. The maximum atomic E-state index is 12.8. The summed E-state index contributed by atoms with van der Waals surface area (Å²) >= 11 is 5.76. The Labute approximate surface area is 137 Å². The topological polar surface area (TPSA) is 20.3 Å². The summed E-state index contributed by atoms with van der Waals surface area (Å²) in [7, 11) is 0. The van der Waals surface area contributed by atoms with Gasteiger partial charge in [-0.1, -0.05) is 13.3 Å². The molecule has 0 aromatic heterocycles. The summed E-state index contributed by atoms with van der Waals surface area (Å²) in [5.41, 5.74) is 0.801. The molecule has 0 radical (unpaired) electrons. The molecule has 1 aromatic rings. The van der Waals surface area contributed by atoms with Crippen molar-refractivity contribution in [2.45, 2.75) is 45.1 Å². The second-order valence-corrected chi connectivity index (χ2v) is 7.16. The van der Waals surface area contributed by atoms with Crippen LogP contribution in [0.15, 0.2) is 22.7 Å². The van der Waals surface area contributed by atoms with E-state index in [0.717, 1.165) is 45.8 Å². The van der Waals surface area contributed by atoms with Gasteiger partial charge in [0.15, 0.2) is 0 Å². The van der Waals surface area contributed by atoms with Crippen LogP contribution in [0.3, 0.4) is 0 Å². The van der Waals surface area contributed by atoms with Crippen LogP contribution in [0.1, 0.15) is 49.4 Å². The van der Waals surface area contributed by atoms with Gasteiger partial charge in [-0.2, -0.15) is 0 Å². The predicted molar refractivity (Wildman–Crippen MR) is 90.4 cm³/mol. The summed E-state index contributed by atoms with van der Waals surface area (Å²) in [5, 5.41) is 0. The number of likely N-dealkylation sites (tertiary alicyclic amines) is 1. The van der Waals surface area contributed by atoms with Crippen LogP contribution in [-0.2, 0) is 0 Å². The zero-order valence-corrected chi connectivity index (χ0v) is 14.9. The van der Waals surface area contributed by atoms with E-state index in [1.165, 1.54) is 6.42 Å². The third kappa shape index (κ3) is 3.72. The lowest BCUT2D eigenvalue weighted by molar-refractivity contribution is 0.0599. The van der Waals surface area contributed by atoms with Crippen molar-refractivity contribution in [1.82, 2.24) is 4.90 Å². The molecule has 1 atom stereocenters. The van der Waals surface area contributed by atoms with Gasteiger partial charge < -0.3 is 4.90 Å². The fourth-order valence-electron chi connectivity index (χ4n) is 2.72. The first-order chi connectivity index (χ1) is 9.13. The average Bonchev–Trinajstić information content (AvgIpc) is 2.42. The number of carbonyl (C=O) groups is 1. The Morgan fingerprint density at radius 1 is 1.47 bits per heavy atom. The van der Waals surface area contributed by atoms with Gasteiger partial charge in [0.25, 0.3) is 5.91 Å². The predicted octanol–water partition coefficient (Wildman–Crippen LogP) is 4.85. The Morgan fingerprint density at radius 3 is 3.00 bits per heavy atom. The first-order valence-corrected chi connectivity index (χ1v) is 8.76. The molecule has 1 amide bonds. The van der Waals surface area contributed by atoms with Gasteiger partial charge in [0.1, 0.15) is 0 Å². The second-order valence-electron chi connectivity index (χ2n) is 5.06. The number of halogens is 2. The summed E-state index contributed by atoms with van der Waals surface area (Å²) in [6.45, 7) is 3.10. The molecular formula is C15H19BrINO. The van der Waals surface area contributed by atoms with Crippen LogP contribution in [0.4, 0.5) is 0 Å². The third-order valence-electron chi connectivity index (χ3n) is 3.67. The van der Waals surface area contributed by atoms with Gasteiger partial charge in [-0.15, -0.1) is 0 Å². The lowest BCUT2D eigenvalue weighted by Crippen LogP contribution is -2.43. The van der Waals surface area contributed by atoms with Gasteiger partial charge in [0.2, 0.25) is 0 Å². The molecule has 0 bridgehead atoms. The zero-order valence-electron chi connectivity index (χ0n) is 11.2. The summed E-state index contributed by atoms with van der Waals surface area (Å²) < 4.78 is 2.01. The fourth-order valence-corrected chi connectivity index (χ4v) is 3.62. The summed E-state index contributed by atoms with van der Waals surface area (Å²) in [6, 6.07) is 6.38. The van der Waals surface area contributed by atoms with Crippen molar-refractivity contribution in [2.75, 3.05) is 6.54 Å². The van der Waals surface area contributed by atoms with E-state index in [9.17, 15) is 4.79 Å². The van der Waals surface area contributed by atoms with Crippen LogP contribution in [0.25, 0.3) is 0 Å². The molecule has 0 saturated carbocycles. The van der Waals surface area contributed by atoms with E-state index in [0.29, 0.717) is 6.04 Å². The van der Waals surface area contributed by atoms with Crippen molar-refractivity contribution in [3.63, 3.8) is 0 Å². The Hall–Kier alpha value is -0.100. The van der Waals surface area contributed by atoms with E-state index in [4.69, 9.17) is 0 Å². The van der Waals surface area contributed by atoms with Gasteiger partial charge in [-0.05, 0) is 82.4 Å². The van der Waals surface area contributed by atoms with Crippen LogP contribution < -0.4 is 0 Å². The van der Waals surface area contributed by atoms with E-state index >= 15 is 0 Å². The molecule has 1 aliphatic rings. The van der Waals surface area contributed by atoms with Gasteiger partial charge >= 0.3 is 0 Å². The molecule has 1 heterocycles. The number of carbonyl (C=O) groups excluding carboxylic acids is 1. The highest BCUT2D eigenvalue weighted by molar-refractivity contribution is 14.1. The number of hydrogen-bond donors (Lipinski definition) is 0. The smallest absolute Gasteiger partial charge is 0.255 e. The molecule has 1 unspecified atom stereocenters. The summed E-state index contributed by atoms with van der Waals surface area (Å²) in [5.74, 6) is 0.184. The highest BCUT2D eigenvalue weighted by atomic mass is 127. The van der Waals surface area contributed by atoms with Crippen LogP contribution in [0, 0.1) is 3.57 Å². The summed E-state index contributed by atoms with van der Waals surface area (Å²) in [6.07, 6.45) is 5.80. The SMILES string of the molecule is CCCC1CCCCN1C(=O)c1cc(I)ccc1Br. The van der Waals surface area contributed by atoms with Crippen molar-refractivity contribution in [3.8, 4) is 0 Å². The van der Waals surface area contributed by atoms with Crippen molar-refractivity contribution >= 4 is 44.4 Å². The van der Waals surface area contributed by atoms with Crippen LogP contribution in [0.2, 0.25) is 0 Å².